The van der Waals surface area contributed by atoms with Crippen LogP contribution < -0.4 is 10.3 Å². The average molecular weight is 389 g/mol. The molecule has 1 aliphatic rings. The van der Waals surface area contributed by atoms with Crippen molar-refractivity contribution in [3.63, 3.8) is 0 Å². The van der Waals surface area contributed by atoms with E-state index in [1.165, 1.54) is 12.6 Å². The van der Waals surface area contributed by atoms with E-state index in [1.54, 1.807) is 12.1 Å². The van der Waals surface area contributed by atoms with Crippen molar-refractivity contribution in [1.29, 1.82) is 0 Å². The fraction of sp³-hybridized carbons (Fsp3) is 0.273. The van der Waals surface area contributed by atoms with Gasteiger partial charge in [-0.2, -0.15) is 5.10 Å². The van der Waals surface area contributed by atoms with Gasteiger partial charge < -0.3 is 9.32 Å². The fourth-order valence-corrected chi connectivity index (χ4v) is 3.28. The molecule has 1 fully saturated rings. The number of benzene rings is 1. The van der Waals surface area contributed by atoms with E-state index in [4.69, 9.17) is 9.40 Å². The minimum atomic E-state index is -0.387. The summed E-state index contributed by atoms with van der Waals surface area (Å²) in [5.41, 5.74) is 4.47. The van der Waals surface area contributed by atoms with Crippen LogP contribution in [0.4, 0.5) is 5.95 Å². The summed E-state index contributed by atoms with van der Waals surface area (Å²) in [6.45, 7) is 3.65. The molecular formula is C22H23N5O2. The lowest BCUT2D eigenvalue weighted by Gasteiger charge is -2.27. The number of hydrogen-bond donors (Lipinski definition) is 1. The van der Waals surface area contributed by atoms with Crippen LogP contribution in [0, 0.1) is 6.92 Å². The molecule has 29 heavy (non-hydrogen) atoms. The topological polar surface area (TPSA) is 83.6 Å². The molecule has 2 aromatic heterocycles. The van der Waals surface area contributed by atoms with E-state index in [0.717, 1.165) is 42.9 Å². The maximum absolute atomic E-state index is 12.7. The normalized spacial score (nSPS) is 14.3. The first-order valence-electron chi connectivity index (χ1n) is 9.78. The number of nitrogens with one attached hydrogen (secondary N) is 1. The van der Waals surface area contributed by atoms with E-state index in [2.05, 4.69) is 20.4 Å². The van der Waals surface area contributed by atoms with Crippen molar-refractivity contribution in [3.05, 3.63) is 65.7 Å². The van der Waals surface area contributed by atoms with E-state index in [9.17, 15) is 4.79 Å². The highest BCUT2D eigenvalue weighted by atomic mass is 16.3. The van der Waals surface area contributed by atoms with Gasteiger partial charge in [-0.15, -0.1) is 0 Å². The average Bonchev–Trinajstić information content (AvgIpc) is 3.19. The summed E-state index contributed by atoms with van der Waals surface area (Å²) in [4.78, 5) is 24.1. The Kier molecular flexibility index (Phi) is 5.65. The molecule has 1 amide bonds. The Hall–Kier alpha value is -3.48. The number of piperidine rings is 1. The number of furan rings is 1. The van der Waals surface area contributed by atoms with Crippen molar-refractivity contribution in [2.75, 3.05) is 18.0 Å². The highest BCUT2D eigenvalue weighted by molar-refractivity contribution is 5.94. The van der Waals surface area contributed by atoms with Gasteiger partial charge in [0.2, 0.25) is 5.95 Å². The summed E-state index contributed by atoms with van der Waals surface area (Å²) in [7, 11) is 0. The Morgan fingerprint density at radius 3 is 2.62 bits per heavy atom. The molecule has 3 aromatic rings. The molecule has 0 aliphatic carbocycles. The van der Waals surface area contributed by atoms with Crippen molar-refractivity contribution in [3.8, 4) is 11.3 Å². The third-order valence-electron chi connectivity index (χ3n) is 4.77. The lowest BCUT2D eigenvalue weighted by molar-refractivity contribution is 0.0950. The largest absolute Gasteiger partial charge is 0.460 e. The van der Waals surface area contributed by atoms with Crippen LogP contribution >= 0.6 is 0 Å². The van der Waals surface area contributed by atoms with E-state index in [0.29, 0.717) is 11.7 Å². The molecule has 1 N–H and O–H groups in total. The Morgan fingerprint density at radius 2 is 1.90 bits per heavy atom. The molecule has 0 atom stereocenters. The van der Waals surface area contributed by atoms with Crippen LogP contribution in [0.5, 0.6) is 0 Å². The minimum absolute atomic E-state index is 0.284. The number of aryl methyl sites for hydroxylation is 1. The molecule has 0 spiro atoms. The molecule has 3 heterocycles. The molecule has 1 aromatic carbocycles. The van der Waals surface area contributed by atoms with E-state index >= 15 is 0 Å². The Morgan fingerprint density at radius 1 is 1.10 bits per heavy atom. The lowest BCUT2D eigenvalue weighted by Crippen LogP contribution is -2.32. The first kappa shape index (κ1) is 18.9. The van der Waals surface area contributed by atoms with Gasteiger partial charge in [-0.25, -0.2) is 15.4 Å². The predicted octanol–water partition coefficient (Wildman–Crippen LogP) is 3.80. The van der Waals surface area contributed by atoms with Crippen molar-refractivity contribution < 1.29 is 9.21 Å². The van der Waals surface area contributed by atoms with Crippen molar-refractivity contribution in [2.24, 2.45) is 5.10 Å². The molecule has 0 bridgehead atoms. The van der Waals surface area contributed by atoms with Gasteiger partial charge in [0.15, 0.2) is 0 Å². The SMILES string of the molecule is Cc1ccc(/C=N/NC(=O)c2cc(-c3ccccc3)nc(N3CCCCC3)n2)o1. The molecule has 1 saturated heterocycles. The van der Waals surface area contributed by atoms with Gasteiger partial charge in [0.05, 0.1) is 11.9 Å². The van der Waals surface area contributed by atoms with Crippen LogP contribution in [0.3, 0.4) is 0 Å². The summed E-state index contributed by atoms with van der Waals surface area (Å²) in [5.74, 6) is 1.56. The molecule has 1 aliphatic heterocycles. The minimum Gasteiger partial charge on any atom is -0.460 e. The summed E-state index contributed by atoms with van der Waals surface area (Å²) in [6.07, 6.45) is 4.89. The molecule has 0 unspecified atom stereocenters. The third kappa shape index (κ3) is 4.68. The fourth-order valence-electron chi connectivity index (χ4n) is 3.28. The summed E-state index contributed by atoms with van der Waals surface area (Å²) in [6, 6.07) is 15.1. The summed E-state index contributed by atoms with van der Waals surface area (Å²) < 4.78 is 5.41. The van der Waals surface area contributed by atoms with Crippen LogP contribution in [0.15, 0.2) is 58.0 Å². The zero-order chi connectivity index (χ0) is 20.1. The van der Waals surface area contributed by atoms with Crippen LogP contribution in [0.25, 0.3) is 11.3 Å². The summed E-state index contributed by atoms with van der Waals surface area (Å²) in [5, 5.41) is 3.98. The molecular weight excluding hydrogens is 366 g/mol. The number of carbonyl (C=O) groups is 1. The number of nitrogens with zero attached hydrogens (tertiary/aromatic N) is 4. The standard InChI is InChI=1S/C22H23N5O2/c1-16-10-11-18(29-16)15-23-26-21(28)20-14-19(17-8-4-2-5-9-17)24-22(25-20)27-12-6-3-7-13-27/h2,4-5,8-11,14-15H,3,6-7,12-13H2,1H3,(H,26,28)/b23-15+. The Balaban J connectivity index is 1.60. The molecule has 0 radical (unpaired) electrons. The molecule has 0 saturated carbocycles. The number of hydrazone groups is 1. The van der Waals surface area contributed by atoms with Crippen molar-refractivity contribution in [1.82, 2.24) is 15.4 Å². The molecule has 7 nitrogen and oxygen atoms in total. The van der Waals surface area contributed by atoms with Gasteiger partial charge in [0, 0.05) is 18.7 Å². The van der Waals surface area contributed by atoms with Gasteiger partial charge >= 0.3 is 0 Å². The second-order valence-corrected chi connectivity index (χ2v) is 7.00. The predicted molar refractivity (Wildman–Crippen MR) is 112 cm³/mol. The Labute approximate surface area is 169 Å². The number of carbonyl (C=O) groups excluding carboxylic acids is 1. The Bertz CT molecular complexity index is 1010. The molecule has 4 rings (SSSR count). The van der Waals surface area contributed by atoms with Crippen LogP contribution in [-0.4, -0.2) is 35.2 Å². The van der Waals surface area contributed by atoms with Crippen molar-refractivity contribution in [2.45, 2.75) is 26.2 Å². The lowest BCUT2D eigenvalue weighted by atomic mass is 10.1. The second-order valence-electron chi connectivity index (χ2n) is 7.00. The van der Waals surface area contributed by atoms with E-state index in [-0.39, 0.29) is 11.6 Å². The number of rotatable bonds is 5. The maximum atomic E-state index is 12.7. The van der Waals surface area contributed by atoms with Gasteiger partial charge in [-0.3, -0.25) is 4.79 Å². The zero-order valence-corrected chi connectivity index (χ0v) is 16.3. The van der Waals surface area contributed by atoms with Gasteiger partial charge in [0.25, 0.3) is 5.91 Å². The summed E-state index contributed by atoms with van der Waals surface area (Å²) >= 11 is 0. The van der Waals surface area contributed by atoms with E-state index < -0.39 is 0 Å². The van der Waals surface area contributed by atoms with Crippen LogP contribution in [0.2, 0.25) is 0 Å². The number of amides is 1. The molecule has 148 valence electrons. The highest BCUT2D eigenvalue weighted by Gasteiger charge is 2.18. The first-order chi connectivity index (χ1) is 14.2. The maximum Gasteiger partial charge on any atom is 0.290 e. The number of hydrogen-bond acceptors (Lipinski definition) is 6. The van der Waals surface area contributed by atoms with E-state index in [1.807, 2.05) is 43.3 Å². The molecule has 7 heteroatoms. The number of aromatic nitrogens is 2. The number of anilines is 1. The quantitative estimate of drug-likeness (QED) is 0.530. The van der Waals surface area contributed by atoms with Gasteiger partial charge in [-0.1, -0.05) is 30.3 Å². The highest BCUT2D eigenvalue weighted by Crippen LogP contribution is 2.22. The van der Waals surface area contributed by atoms with Gasteiger partial charge in [0.1, 0.15) is 17.2 Å². The first-order valence-corrected chi connectivity index (χ1v) is 9.78. The monoisotopic (exact) mass is 389 g/mol. The van der Waals surface area contributed by atoms with Gasteiger partial charge in [-0.05, 0) is 44.4 Å². The van der Waals surface area contributed by atoms with Crippen LogP contribution in [-0.2, 0) is 0 Å². The zero-order valence-electron chi connectivity index (χ0n) is 16.3. The van der Waals surface area contributed by atoms with Crippen molar-refractivity contribution >= 4 is 18.1 Å². The third-order valence-corrected chi connectivity index (χ3v) is 4.77. The smallest absolute Gasteiger partial charge is 0.290 e. The second kappa shape index (κ2) is 8.68. The van der Waals surface area contributed by atoms with Crippen LogP contribution in [0.1, 0.15) is 41.3 Å².